The molecule has 0 amide bonds. The van der Waals surface area contributed by atoms with Crippen LogP contribution in [0.3, 0.4) is 0 Å². The molecule has 0 fully saturated rings. The molecule has 18 heavy (non-hydrogen) atoms. The van der Waals surface area contributed by atoms with E-state index in [0.29, 0.717) is 10.6 Å². The molecule has 0 saturated heterocycles. The van der Waals surface area contributed by atoms with E-state index >= 15 is 0 Å². The van der Waals surface area contributed by atoms with Crippen molar-refractivity contribution in [1.29, 1.82) is 0 Å². The Morgan fingerprint density at radius 2 is 2.11 bits per heavy atom. The maximum atomic E-state index is 10.5. The maximum absolute atomic E-state index is 10.5. The van der Waals surface area contributed by atoms with Crippen LogP contribution in [0.25, 0.3) is 17.0 Å². The summed E-state index contributed by atoms with van der Waals surface area (Å²) in [6, 6.07) is 5.39. The summed E-state index contributed by atoms with van der Waals surface area (Å²) < 4.78 is 0. The summed E-state index contributed by atoms with van der Waals surface area (Å²) in [5, 5.41) is 10.3. The highest BCUT2D eigenvalue weighted by molar-refractivity contribution is 6.33. The van der Waals surface area contributed by atoms with E-state index in [1.165, 1.54) is 6.08 Å². The predicted molar refractivity (Wildman–Crippen MR) is 73.2 cm³/mol. The molecule has 2 aromatic rings. The van der Waals surface area contributed by atoms with Crippen LogP contribution >= 0.6 is 23.2 Å². The fraction of sp³-hybridized carbons (Fsp3) is 0.0769. The first-order valence-corrected chi connectivity index (χ1v) is 5.91. The van der Waals surface area contributed by atoms with E-state index in [1.54, 1.807) is 12.1 Å². The first-order valence-electron chi connectivity index (χ1n) is 5.15. The van der Waals surface area contributed by atoms with Crippen molar-refractivity contribution >= 4 is 46.2 Å². The first kappa shape index (κ1) is 12.9. The van der Waals surface area contributed by atoms with Crippen molar-refractivity contribution in [1.82, 2.24) is 4.98 Å². The van der Waals surface area contributed by atoms with Gasteiger partial charge < -0.3 is 5.11 Å². The smallest absolute Gasteiger partial charge is 0.328 e. The minimum atomic E-state index is -1.03. The molecular weight excluding hydrogens is 273 g/mol. The number of carboxylic acid groups (broad SMARTS) is 1. The van der Waals surface area contributed by atoms with Gasteiger partial charge in [0.15, 0.2) is 0 Å². The summed E-state index contributed by atoms with van der Waals surface area (Å²) in [5.41, 5.74) is 2.14. The van der Waals surface area contributed by atoms with Crippen molar-refractivity contribution in [2.45, 2.75) is 6.92 Å². The number of fused-ring (bicyclic) bond motifs is 1. The predicted octanol–water partition coefficient (Wildman–Crippen LogP) is 3.95. The van der Waals surface area contributed by atoms with Crippen molar-refractivity contribution in [2.24, 2.45) is 0 Å². The molecule has 0 unspecified atom stereocenters. The highest BCUT2D eigenvalue weighted by Gasteiger charge is 2.07. The standard InChI is InChI=1S/C13H9Cl2NO2/c1-7-10(14)4-2-8-6-9(3-5-11(17)18)13(15)16-12(7)8/h2-6H,1H3,(H,17,18)/b5-3+. The molecule has 1 aromatic carbocycles. The van der Waals surface area contributed by atoms with Crippen molar-refractivity contribution in [3.63, 3.8) is 0 Å². The fourth-order valence-electron chi connectivity index (χ4n) is 1.63. The van der Waals surface area contributed by atoms with Gasteiger partial charge in [-0.2, -0.15) is 0 Å². The van der Waals surface area contributed by atoms with Gasteiger partial charge in [0.2, 0.25) is 0 Å². The summed E-state index contributed by atoms with van der Waals surface area (Å²) in [5.74, 6) is -1.03. The van der Waals surface area contributed by atoms with Gasteiger partial charge in [-0.25, -0.2) is 9.78 Å². The SMILES string of the molecule is Cc1c(Cl)ccc2cc(/C=C/C(=O)O)c(Cl)nc12. The summed E-state index contributed by atoms with van der Waals surface area (Å²) in [7, 11) is 0. The largest absolute Gasteiger partial charge is 0.478 e. The van der Waals surface area contributed by atoms with Gasteiger partial charge in [-0.3, -0.25) is 0 Å². The minimum Gasteiger partial charge on any atom is -0.478 e. The molecule has 0 radical (unpaired) electrons. The van der Waals surface area contributed by atoms with Gasteiger partial charge in [-0.1, -0.05) is 29.3 Å². The second-order valence-electron chi connectivity index (χ2n) is 3.78. The van der Waals surface area contributed by atoms with Crippen LogP contribution in [0.5, 0.6) is 0 Å². The summed E-state index contributed by atoms with van der Waals surface area (Å²) in [6.45, 7) is 1.86. The summed E-state index contributed by atoms with van der Waals surface area (Å²) in [6.07, 6.45) is 2.44. The topological polar surface area (TPSA) is 50.2 Å². The molecule has 92 valence electrons. The Morgan fingerprint density at radius 3 is 2.78 bits per heavy atom. The lowest BCUT2D eigenvalue weighted by molar-refractivity contribution is -0.131. The molecule has 0 atom stereocenters. The van der Waals surface area contributed by atoms with Gasteiger partial charge in [-0.15, -0.1) is 0 Å². The number of aromatic nitrogens is 1. The van der Waals surface area contributed by atoms with Gasteiger partial charge in [0, 0.05) is 22.0 Å². The molecule has 1 aromatic heterocycles. The number of nitrogens with zero attached hydrogens (tertiary/aromatic N) is 1. The lowest BCUT2D eigenvalue weighted by Crippen LogP contribution is -1.90. The molecule has 1 heterocycles. The summed E-state index contributed by atoms with van der Waals surface area (Å²) in [4.78, 5) is 14.7. The Morgan fingerprint density at radius 1 is 1.39 bits per heavy atom. The third-order valence-electron chi connectivity index (χ3n) is 2.56. The third kappa shape index (κ3) is 2.47. The number of benzene rings is 1. The highest BCUT2D eigenvalue weighted by Crippen LogP contribution is 2.27. The lowest BCUT2D eigenvalue weighted by Gasteiger charge is -2.06. The molecule has 0 saturated carbocycles. The van der Waals surface area contributed by atoms with E-state index in [-0.39, 0.29) is 5.15 Å². The Hall–Kier alpha value is -1.58. The van der Waals surface area contributed by atoms with Crippen LogP contribution in [-0.4, -0.2) is 16.1 Å². The Bertz CT molecular complexity index is 666. The second kappa shape index (κ2) is 4.96. The van der Waals surface area contributed by atoms with Crippen LogP contribution in [-0.2, 0) is 4.79 Å². The van der Waals surface area contributed by atoms with Crippen LogP contribution in [0.4, 0.5) is 0 Å². The molecule has 0 aliphatic heterocycles. The van der Waals surface area contributed by atoms with Gasteiger partial charge in [0.25, 0.3) is 0 Å². The molecule has 0 spiro atoms. The summed E-state index contributed by atoms with van der Waals surface area (Å²) >= 11 is 12.0. The van der Waals surface area contributed by atoms with Crippen molar-refractivity contribution in [2.75, 3.05) is 0 Å². The number of aryl methyl sites for hydroxylation is 1. The Kier molecular flexibility index (Phi) is 3.55. The van der Waals surface area contributed by atoms with Crippen LogP contribution in [0.2, 0.25) is 10.2 Å². The third-order valence-corrected chi connectivity index (χ3v) is 3.27. The molecular formula is C13H9Cl2NO2. The van der Waals surface area contributed by atoms with E-state index in [0.717, 1.165) is 22.5 Å². The van der Waals surface area contributed by atoms with Crippen molar-refractivity contribution in [3.8, 4) is 0 Å². The van der Waals surface area contributed by atoms with Gasteiger partial charge in [0.05, 0.1) is 5.52 Å². The Balaban J connectivity index is 2.63. The zero-order valence-corrected chi connectivity index (χ0v) is 11.0. The molecule has 5 heteroatoms. The van der Waals surface area contributed by atoms with E-state index in [2.05, 4.69) is 4.98 Å². The van der Waals surface area contributed by atoms with Crippen LogP contribution < -0.4 is 0 Å². The number of carboxylic acids is 1. The fourth-order valence-corrected chi connectivity index (χ4v) is 1.98. The van der Waals surface area contributed by atoms with Gasteiger partial charge >= 0.3 is 5.97 Å². The molecule has 0 aliphatic carbocycles. The van der Waals surface area contributed by atoms with Crippen LogP contribution in [0.1, 0.15) is 11.1 Å². The molecule has 0 bridgehead atoms. The number of pyridine rings is 1. The lowest BCUT2D eigenvalue weighted by atomic mass is 10.1. The average Bonchev–Trinajstić information content (AvgIpc) is 2.32. The highest BCUT2D eigenvalue weighted by atomic mass is 35.5. The zero-order valence-electron chi connectivity index (χ0n) is 9.45. The molecule has 0 aliphatic rings. The van der Waals surface area contributed by atoms with Crippen LogP contribution in [0, 0.1) is 6.92 Å². The minimum absolute atomic E-state index is 0.255. The van der Waals surface area contributed by atoms with E-state index in [4.69, 9.17) is 28.3 Å². The number of carbonyl (C=O) groups is 1. The maximum Gasteiger partial charge on any atom is 0.328 e. The normalized spacial score (nSPS) is 11.3. The average molecular weight is 282 g/mol. The monoisotopic (exact) mass is 281 g/mol. The number of halogens is 2. The molecule has 1 N–H and O–H groups in total. The van der Waals surface area contributed by atoms with E-state index in [1.807, 2.05) is 13.0 Å². The number of hydrogen-bond acceptors (Lipinski definition) is 2. The van der Waals surface area contributed by atoms with Crippen LogP contribution in [0.15, 0.2) is 24.3 Å². The number of aliphatic carboxylic acids is 1. The zero-order chi connectivity index (χ0) is 13.3. The second-order valence-corrected chi connectivity index (χ2v) is 4.55. The number of hydrogen-bond donors (Lipinski definition) is 1. The van der Waals surface area contributed by atoms with E-state index < -0.39 is 5.97 Å². The quantitative estimate of drug-likeness (QED) is 0.670. The first-order chi connectivity index (χ1) is 8.49. The van der Waals surface area contributed by atoms with Crippen molar-refractivity contribution < 1.29 is 9.90 Å². The molecule has 2 rings (SSSR count). The number of rotatable bonds is 2. The Labute approximate surface area is 114 Å². The molecule has 3 nitrogen and oxygen atoms in total. The van der Waals surface area contributed by atoms with Crippen molar-refractivity contribution in [3.05, 3.63) is 45.6 Å². The van der Waals surface area contributed by atoms with Gasteiger partial charge in [-0.05, 0) is 30.7 Å². The van der Waals surface area contributed by atoms with E-state index in [9.17, 15) is 4.79 Å². The van der Waals surface area contributed by atoms with Gasteiger partial charge in [0.1, 0.15) is 5.15 Å².